The Morgan fingerprint density at radius 2 is 1.97 bits per heavy atom. The molecule has 8 heteroatoms. The van der Waals surface area contributed by atoms with Crippen molar-refractivity contribution in [3.05, 3.63) is 53.9 Å². The van der Waals surface area contributed by atoms with Gasteiger partial charge >= 0.3 is 0 Å². The van der Waals surface area contributed by atoms with Crippen LogP contribution in [0.25, 0.3) is 11.3 Å². The molecule has 3 rings (SSSR count). The first-order chi connectivity index (χ1) is 15.0. The maximum Gasteiger partial charge on any atom is 0.239 e. The van der Waals surface area contributed by atoms with Crippen molar-refractivity contribution < 1.29 is 14.3 Å². The summed E-state index contributed by atoms with van der Waals surface area (Å²) in [6, 6.07) is 15.2. The Morgan fingerprint density at radius 1 is 1.16 bits per heavy atom. The normalized spacial score (nSPS) is 11.6. The van der Waals surface area contributed by atoms with Crippen LogP contribution in [0.2, 0.25) is 0 Å². The van der Waals surface area contributed by atoms with E-state index < -0.39 is 0 Å². The van der Waals surface area contributed by atoms with Gasteiger partial charge in [-0.25, -0.2) is 4.98 Å². The molecule has 0 radical (unpaired) electrons. The van der Waals surface area contributed by atoms with Crippen LogP contribution in [0.1, 0.15) is 26.7 Å². The lowest BCUT2D eigenvalue weighted by atomic mass is 10.1. The molecule has 2 N–H and O–H groups in total. The number of para-hydroxylation sites is 1. The van der Waals surface area contributed by atoms with Crippen molar-refractivity contribution in [2.45, 2.75) is 36.8 Å². The number of nitrogens with zero attached hydrogens (tertiary/aromatic N) is 1. The van der Waals surface area contributed by atoms with E-state index in [0.717, 1.165) is 34.0 Å². The highest BCUT2D eigenvalue weighted by Crippen LogP contribution is 2.32. The lowest BCUT2D eigenvalue weighted by Crippen LogP contribution is -2.22. The van der Waals surface area contributed by atoms with Crippen LogP contribution in [-0.4, -0.2) is 29.2 Å². The molecule has 0 saturated carbocycles. The number of carbonyl (C=O) groups excluding carboxylic acids is 2. The van der Waals surface area contributed by atoms with Crippen LogP contribution >= 0.6 is 23.1 Å². The highest BCUT2D eigenvalue weighted by atomic mass is 32.2. The summed E-state index contributed by atoms with van der Waals surface area (Å²) >= 11 is 2.80. The molecule has 0 spiro atoms. The SMILES string of the molecule is CCCC(=O)Nc1cccc(SC(C)C(=O)Nc2nc(-c3ccccc3OC)cs2)c1. The van der Waals surface area contributed by atoms with Crippen molar-refractivity contribution in [1.29, 1.82) is 0 Å². The second-order valence-corrected chi connectivity index (χ2v) is 9.09. The fraction of sp³-hybridized carbons (Fsp3) is 0.261. The number of nitrogens with one attached hydrogen (secondary N) is 2. The number of rotatable bonds is 9. The molecule has 3 aromatic rings. The minimum atomic E-state index is -0.333. The summed E-state index contributed by atoms with van der Waals surface area (Å²) in [7, 11) is 1.62. The maximum absolute atomic E-state index is 12.7. The molecular formula is C23H25N3O3S2. The van der Waals surface area contributed by atoms with Gasteiger partial charge in [0, 0.05) is 27.9 Å². The number of amides is 2. The molecular weight excluding hydrogens is 430 g/mol. The molecule has 0 bridgehead atoms. The zero-order valence-electron chi connectivity index (χ0n) is 17.7. The van der Waals surface area contributed by atoms with Crippen LogP contribution in [-0.2, 0) is 9.59 Å². The molecule has 1 aromatic heterocycles. The van der Waals surface area contributed by atoms with E-state index in [-0.39, 0.29) is 17.1 Å². The highest BCUT2D eigenvalue weighted by Gasteiger charge is 2.17. The summed E-state index contributed by atoms with van der Waals surface area (Å²) in [6.07, 6.45) is 1.29. The van der Waals surface area contributed by atoms with Crippen molar-refractivity contribution in [2.24, 2.45) is 0 Å². The fourth-order valence-corrected chi connectivity index (χ4v) is 4.51. The Hall–Kier alpha value is -2.84. The minimum absolute atomic E-state index is 0.00920. The van der Waals surface area contributed by atoms with E-state index in [9.17, 15) is 9.59 Å². The van der Waals surface area contributed by atoms with E-state index in [1.54, 1.807) is 7.11 Å². The second-order valence-electron chi connectivity index (χ2n) is 6.81. The molecule has 0 fully saturated rings. The number of carbonyl (C=O) groups is 2. The van der Waals surface area contributed by atoms with Crippen molar-refractivity contribution >= 4 is 45.7 Å². The van der Waals surface area contributed by atoms with E-state index in [4.69, 9.17) is 4.74 Å². The van der Waals surface area contributed by atoms with Crippen molar-refractivity contribution in [3.63, 3.8) is 0 Å². The largest absolute Gasteiger partial charge is 0.496 e. The Kier molecular flexibility index (Phi) is 8.08. The molecule has 2 aromatic carbocycles. The first-order valence-electron chi connectivity index (χ1n) is 9.96. The molecule has 1 atom stereocenters. The number of ether oxygens (including phenoxy) is 1. The number of hydrogen-bond donors (Lipinski definition) is 2. The summed E-state index contributed by atoms with van der Waals surface area (Å²) in [5.74, 6) is 0.594. The van der Waals surface area contributed by atoms with Crippen LogP contribution in [0.3, 0.4) is 0 Å². The summed E-state index contributed by atoms with van der Waals surface area (Å²) in [5.41, 5.74) is 2.37. The number of anilines is 2. The Bertz CT molecular complexity index is 1050. The average Bonchev–Trinajstić information content (AvgIpc) is 3.22. The van der Waals surface area contributed by atoms with Crippen LogP contribution in [0.5, 0.6) is 5.75 Å². The van der Waals surface area contributed by atoms with Crippen molar-refractivity contribution in [2.75, 3.05) is 17.7 Å². The Labute approximate surface area is 190 Å². The van der Waals surface area contributed by atoms with Gasteiger partial charge in [0.05, 0.1) is 18.1 Å². The zero-order chi connectivity index (χ0) is 22.2. The van der Waals surface area contributed by atoms with E-state index in [2.05, 4.69) is 15.6 Å². The van der Waals surface area contributed by atoms with Gasteiger partial charge in [0.25, 0.3) is 0 Å². The number of thiazole rings is 1. The summed E-state index contributed by atoms with van der Waals surface area (Å²) in [5, 5.41) is 7.88. The predicted octanol–water partition coefficient (Wildman–Crippen LogP) is 5.68. The van der Waals surface area contributed by atoms with Gasteiger partial charge < -0.3 is 15.4 Å². The minimum Gasteiger partial charge on any atom is -0.496 e. The topological polar surface area (TPSA) is 80.3 Å². The van der Waals surface area contributed by atoms with E-state index in [0.29, 0.717) is 11.6 Å². The van der Waals surface area contributed by atoms with Crippen LogP contribution in [0.15, 0.2) is 58.8 Å². The molecule has 2 amide bonds. The van der Waals surface area contributed by atoms with Gasteiger partial charge in [0.15, 0.2) is 5.13 Å². The summed E-state index contributed by atoms with van der Waals surface area (Å²) in [6.45, 7) is 3.81. The number of benzene rings is 2. The fourth-order valence-electron chi connectivity index (χ4n) is 2.87. The maximum atomic E-state index is 12.7. The molecule has 31 heavy (non-hydrogen) atoms. The number of aromatic nitrogens is 1. The molecule has 162 valence electrons. The molecule has 0 aliphatic rings. The standard InChI is InChI=1S/C23H25N3O3S2/c1-4-8-21(27)24-16-9-7-10-17(13-16)31-15(2)22(28)26-23-25-19(14-30-23)18-11-5-6-12-20(18)29-3/h5-7,9-15H,4,8H2,1-3H3,(H,24,27)(H,25,26,28). The van der Waals surface area contributed by atoms with Gasteiger partial charge in [-0.2, -0.15) is 0 Å². The van der Waals surface area contributed by atoms with Crippen molar-refractivity contribution in [3.8, 4) is 17.0 Å². The molecule has 0 aliphatic carbocycles. The van der Waals surface area contributed by atoms with E-state index >= 15 is 0 Å². The van der Waals surface area contributed by atoms with Crippen LogP contribution in [0.4, 0.5) is 10.8 Å². The zero-order valence-corrected chi connectivity index (χ0v) is 19.3. The van der Waals surface area contributed by atoms with E-state index in [1.807, 2.05) is 67.8 Å². The first kappa shape index (κ1) is 22.8. The monoisotopic (exact) mass is 455 g/mol. The third kappa shape index (κ3) is 6.32. The highest BCUT2D eigenvalue weighted by molar-refractivity contribution is 8.00. The first-order valence-corrected chi connectivity index (χ1v) is 11.7. The van der Waals surface area contributed by atoms with Gasteiger partial charge in [0.1, 0.15) is 5.75 Å². The quantitative estimate of drug-likeness (QED) is 0.406. The van der Waals surface area contributed by atoms with Crippen LogP contribution < -0.4 is 15.4 Å². The molecule has 1 heterocycles. The van der Waals surface area contributed by atoms with Gasteiger partial charge in [-0.05, 0) is 43.7 Å². The van der Waals surface area contributed by atoms with Gasteiger partial charge in [-0.1, -0.05) is 25.1 Å². The number of thioether (sulfide) groups is 1. The molecule has 1 unspecified atom stereocenters. The number of hydrogen-bond acceptors (Lipinski definition) is 6. The lowest BCUT2D eigenvalue weighted by Gasteiger charge is -2.12. The van der Waals surface area contributed by atoms with Gasteiger partial charge in [-0.3, -0.25) is 9.59 Å². The molecule has 0 aliphatic heterocycles. The Morgan fingerprint density at radius 3 is 2.74 bits per heavy atom. The number of methoxy groups -OCH3 is 1. The molecule has 6 nitrogen and oxygen atoms in total. The Balaban J connectivity index is 1.61. The summed E-state index contributed by atoms with van der Waals surface area (Å²) < 4.78 is 5.39. The smallest absolute Gasteiger partial charge is 0.239 e. The van der Waals surface area contributed by atoms with Gasteiger partial charge in [-0.15, -0.1) is 23.1 Å². The third-order valence-electron chi connectivity index (χ3n) is 4.39. The van der Waals surface area contributed by atoms with Crippen LogP contribution in [0, 0.1) is 0 Å². The predicted molar refractivity (Wildman–Crippen MR) is 128 cm³/mol. The summed E-state index contributed by atoms with van der Waals surface area (Å²) in [4.78, 5) is 29.9. The van der Waals surface area contributed by atoms with Gasteiger partial charge in [0.2, 0.25) is 11.8 Å². The third-order valence-corrected chi connectivity index (χ3v) is 6.25. The second kappa shape index (κ2) is 11.0. The van der Waals surface area contributed by atoms with E-state index in [1.165, 1.54) is 23.1 Å². The van der Waals surface area contributed by atoms with Crippen molar-refractivity contribution in [1.82, 2.24) is 4.98 Å². The lowest BCUT2D eigenvalue weighted by molar-refractivity contribution is -0.116. The molecule has 0 saturated heterocycles. The average molecular weight is 456 g/mol.